The third-order valence-electron chi connectivity index (χ3n) is 1.27. The normalized spacial score (nSPS) is 10.2. The van der Waals surface area contributed by atoms with Crippen molar-refractivity contribution in [2.45, 2.75) is 5.88 Å². The minimum absolute atomic E-state index is 0.198. The van der Waals surface area contributed by atoms with Crippen LogP contribution in [0, 0.1) is 9.39 Å². The summed E-state index contributed by atoms with van der Waals surface area (Å²) in [4.78, 5) is 0. The molecule has 0 unspecified atom stereocenters. The van der Waals surface area contributed by atoms with Gasteiger partial charge in [0.1, 0.15) is 5.82 Å². The van der Waals surface area contributed by atoms with Crippen molar-refractivity contribution in [2.24, 2.45) is 0 Å². The maximum atomic E-state index is 13.1. The first-order chi connectivity index (χ1) is 5.16. The van der Waals surface area contributed by atoms with E-state index in [0.717, 1.165) is 4.47 Å². The van der Waals surface area contributed by atoms with Crippen molar-refractivity contribution in [3.63, 3.8) is 0 Å². The lowest BCUT2D eigenvalue weighted by Crippen LogP contribution is -1.91. The molecule has 0 amide bonds. The van der Waals surface area contributed by atoms with Crippen molar-refractivity contribution < 1.29 is 4.39 Å². The van der Waals surface area contributed by atoms with E-state index in [4.69, 9.17) is 11.6 Å². The van der Waals surface area contributed by atoms with Crippen molar-refractivity contribution in [1.29, 1.82) is 0 Å². The van der Waals surface area contributed by atoms with Gasteiger partial charge in [0.25, 0.3) is 0 Å². The Morgan fingerprint density at radius 3 is 2.64 bits per heavy atom. The fourth-order valence-corrected chi connectivity index (χ4v) is 2.07. The summed E-state index contributed by atoms with van der Waals surface area (Å²) in [5.41, 5.74) is 0.526. The summed E-state index contributed by atoms with van der Waals surface area (Å²) in [5, 5.41) is 0. The number of rotatable bonds is 1. The molecule has 0 bridgehead atoms. The molecule has 0 aliphatic heterocycles. The van der Waals surface area contributed by atoms with Gasteiger partial charge in [-0.25, -0.2) is 4.39 Å². The average Bonchev–Trinajstić information content (AvgIpc) is 1.99. The third-order valence-corrected chi connectivity index (χ3v) is 3.12. The molecular formula is C7H4BrClFI. The average molecular weight is 349 g/mol. The van der Waals surface area contributed by atoms with Crippen LogP contribution in [-0.4, -0.2) is 0 Å². The fourth-order valence-electron chi connectivity index (χ4n) is 0.692. The molecule has 1 aromatic rings. The van der Waals surface area contributed by atoms with Gasteiger partial charge in [0.2, 0.25) is 0 Å². The van der Waals surface area contributed by atoms with Gasteiger partial charge in [-0.2, -0.15) is 0 Å². The van der Waals surface area contributed by atoms with E-state index in [1.165, 1.54) is 0 Å². The highest BCUT2D eigenvalue weighted by Gasteiger charge is 2.08. The van der Waals surface area contributed by atoms with Gasteiger partial charge in [-0.3, -0.25) is 0 Å². The standard InChI is InChI=1S/C7H4BrClFI/c8-5-1-2-6(11)7(10)4(5)3-9/h1-2H,3H2. The summed E-state index contributed by atoms with van der Waals surface area (Å²) < 4.78 is 14.5. The first kappa shape index (κ1) is 9.74. The number of hydrogen-bond donors (Lipinski definition) is 0. The summed E-state index contributed by atoms with van der Waals surface area (Å²) in [6.07, 6.45) is 0. The van der Waals surface area contributed by atoms with E-state index < -0.39 is 0 Å². The maximum absolute atomic E-state index is 13.1. The van der Waals surface area contributed by atoms with E-state index in [1.807, 2.05) is 22.6 Å². The van der Waals surface area contributed by atoms with Crippen molar-refractivity contribution >= 4 is 50.1 Å². The van der Waals surface area contributed by atoms with Crippen molar-refractivity contribution in [1.82, 2.24) is 0 Å². The second-order valence-electron chi connectivity index (χ2n) is 1.96. The highest BCUT2D eigenvalue weighted by atomic mass is 127. The Balaban J connectivity index is 3.29. The predicted octanol–water partition coefficient (Wildman–Crippen LogP) is 3.93. The highest BCUT2D eigenvalue weighted by Crippen LogP contribution is 2.24. The van der Waals surface area contributed by atoms with Crippen LogP contribution >= 0.6 is 50.1 Å². The Morgan fingerprint density at radius 1 is 1.55 bits per heavy atom. The first-order valence-electron chi connectivity index (χ1n) is 2.85. The van der Waals surface area contributed by atoms with Crippen LogP contribution < -0.4 is 0 Å². The molecule has 0 nitrogen and oxygen atoms in total. The summed E-state index contributed by atoms with van der Waals surface area (Å²) >= 11 is 10.7. The van der Waals surface area contributed by atoms with Crippen LogP contribution in [0.25, 0.3) is 0 Å². The molecule has 0 radical (unpaired) electrons. The molecule has 0 saturated carbocycles. The van der Waals surface area contributed by atoms with Gasteiger partial charge < -0.3 is 0 Å². The van der Waals surface area contributed by atoms with Crippen LogP contribution in [0.3, 0.4) is 0 Å². The second kappa shape index (κ2) is 4.05. The topological polar surface area (TPSA) is 0 Å². The van der Waals surface area contributed by atoms with Gasteiger partial charge in [0, 0.05) is 13.6 Å². The third kappa shape index (κ3) is 2.06. The first-order valence-corrected chi connectivity index (χ1v) is 5.25. The zero-order valence-corrected chi connectivity index (χ0v) is 9.87. The molecule has 0 heterocycles. The van der Waals surface area contributed by atoms with Gasteiger partial charge in [-0.05, 0) is 34.7 Å². The van der Waals surface area contributed by atoms with Gasteiger partial charge >= 0.3 is 0 Å². The smallest absolute Gasteiger partial charge is 0.142 e. The van der Waals surface area contributed by atoms with Crippen LogP contribution in [0.1, 0.15) is 5.56 Å². The lowest BCUT2D eigenvalue weighted by Gasteiger charge is -2.02. The molecule has 0 aliphatic carbocycles. The minimum Gasteiger partial charge on any atom is -0.205 e. The molecule has 1 rings (SSSR count). The molecule has 1 aromatic carbocycles. The number of halogens is 4. The Hall–Kier alpha value is 0.650. The van der Waals surface area contributed by atoms with Crippen LogP contribution in [0.4, 0.5) is 4.39 Å². The van der Waals surface area contributed by atoms with E-state index in [9.17, 15) is 4.39 Å². The molecule has 0 N–H and O–H groups in total. The number of alkyl halides is 1. The molecule has 0 atom stereocenters. The molecule has 0 aromatic heterocycles. The molecule has 0 saturated heterocycles. The van der Waals surface area contributed by atoms with Gasteiger partial charge in [0.05, 0.1) is 5.88 Å². The summed E-state index contributed by atoms with van der Waals surface area (Å²) in [6, 6.07) is 3.50. The summed E-state index contributed by atoms with van der Waals surface area (Å²) in [7, 11) is 0. The molecule has 4 heteroatoms. The van der Waals surface area contributed by atoms with Gasteiger partial charge in [0.15, 0.2) is 0 Å². The molecular weight excluding hydrogens is 345 g/mol. The van der Waals surface area contributed by atoms with Gasteiger partial charge in [-0.15, -0.1) is 11.6 Å². The largest absolute Gasteiger partial charge is 0.205 e. The molecule has 11 heavy (non-hydrogen) atoms. The minimum atomic E-state index is -0.227. The van der Waals surface area contributed by atoms with E-state index in [-0.39, 0.29) is 11.7 Å². The maximum Gasteiger partial charge on any atom is 0.142 e. The summed E-state index contributed by atoms with van der Waals surface area (Å²) in [5.74, 6) is -0.0292. The van der Waals surface area contributed by atoms with Crippen LogP contribution in [0.2, 0.25) is 0 Å². The summed E-state index contributed by atoms with van der Waals surface area (Å²) in [6.45, 7) is 0. The molecule has 0 fully saturated rings. The van der Waals surface area contributed by atoms with E-state index in [0.29, 0.717) is 9.13 Å². The van der Waals surface area contributed by atoms with E-state index >= 15 is 0 Å². The second-order valence-corrected chi connectivity index (χ2v) is 4.24. The quantitative estimate of drug-likeness (QED) is 0.409. The van der Waals surface area contributed by atoms with Crippen LogP contribution in [0.5, 0.6) is 0 Å². The SMILES string of the molecule is Fc1c(I)ccc(Br)c1CCl. The Bertz CT molecular complexity index is 277. The van der Waals surface area contributed by atoms with Crippen molar-refractivity contribution in [3.05, 3.63) is 31.6 Å². The highest BCUT2D eigenvalue weighted by molar-refractivity contribution is 14.1. The number of benzene rings is 1. The Kier molecular flexibility index (Phi) is 3.58. The zero-order chi connectivity index (χ0) is 8.43. The zero-order valence-electron chi connectivity index (χ0n) is 5.37. The van der Waals surface area contributed by atoms with Crippen molar-refractivity contribution in [2.75, 3.05) is 0 Å². The predicted molar refractivity (Wildman–Crippen MR) is 56.4 cm³/mol. The molecule has 0 spiro atoms. The molecule has 60 valence electrons. The van der Waals surface area contributed by atoms with Crippen molar-refractivity contribution in [3.8, 4) is 0 Å². The van der Waals surface area contributed by atoms with Crippen LogP contribution in [-0.2, 0) is 5.88 Å². The lowest BCUT2D eigenvalue weighted by molar-refractivity contribution is 0.608. The van der Waals surface area contributed by atoms with Gasteiger partial charge in [-0.1, -0.05) is 15.9 Å². The number of hydrogen-bond acceptors (Lipinski definition) is 0. The monoisotopic (exact) mass is 348 g/mol. The molecule has 0 aliphatic rings. The Labute approximate surface area is 91.4 Å². The Morgan fingerprint density at radius 2 is 2.18 bits per heavy atom. The lowest BCUT2D eigenvalue weighted by atomic mass is 10.2. The van der Waals surface area contributed by atoms with E-state index in [2.05, 4.69) is 15.9 Å². The fraction of sp³-hybridized carbons (Fsp3) is 0.143. The van der Waals surface area contributed by atoms with E-state index in [1.54, 1.807) is 12.1 Å². The van der Waals surface area contributed by atoms with Crippen LogP contribution in [0.15, 0.2) is 16.6 Å².